The molecule has 0 saturated carbocycles. The van der Waals surface area contributed by atoms with Crippen molar-refractivity contribution < 1.29 is 9.53 Å². The fourth-order valence-corrected chi connectivity index (χ4v) is 4.43. The summed E-state index contributed by atoms with van der Waals surface area (Å²) in [5, 5.41) is 0.739. The van der Waals surface area contributed by atoms with Crippen LogP contribution in [-0.4, -0.2) is 60.2 Å². The summed E-state index contributed by atoms with van der Waals surface area (Å²) in [4.78, 5) is 26.6. The van der Waals surface area contributed by atoms with Crippen LogP contribution in [0.2, 0.25) is 5.02 Å². The van der Waals surface area contributed by atoms with Gasteiger partial charge >= 0.3 is 0 Å². The first-order chi connectivity index (χ1) is 14.5. The topological polar surface area (TPSA) is 58.6 Å². The highest BCUT2D eigenvalue weighted by molar-refractivity contribution is 6.30. The molecule has 6 nitrogen and oxygen atoms in total. The quantitative estimate of drug-likeness (QED) is 0.731. The van der Waals surface area contributed by atoms with E-state index in [4.69, 9.17) is 26.3 Å². The number of hydrogen-bond acceptors (Lipinski definition) is 5. The zero-order valence-electron chi connectivity index (χ0n) is 17.7. The molecule has 2 aromatic rings. The molecule has 160 valence electrons. The molecule has 0 bridgehead atoms. The maximum absolute atomic E-state index is 12.7. The van der Waals surface area contributed by atoms with E-state index in [2.05, 4.69) is 24.0 Å². The minimum atomic E-state index is 0.0324. The summed E-state index contributed by atoms with van der Waals surface area (Å²) in [6.45, 7) is 8.37. The van der Waals surface area contributed by atoms with Crippen molar-refractivity contribution in [1.82, 2.24) is 14.9 Å². The fourth-order valence-electron chi connectivity index (χ4n) is 4.31. The van der Waals surface area contributed by atoms with Gasteiger partial charge in [0.1, 0.15) is 11.6 Å². The highest BCUT2D eigenvalue weighted by atomic mass is 35.5. The van der Waals surface area contributed by atoms with Crippen molar-refractivity contribution in [3.05, 3.63) is 51.9 Å². The molecule has 2 saturated heterocycles. The second-order valence-corrected chi connectivity index (χ2v) is 8.49. The van der Waals surface area contributed by atoms with E-state index in [-0.39, 0.29) is 11.8 Å². The van der Waals surface area contributed by atoms with Crippen LogP contribution in [0.4, 0.5) is 5.82 Å². The van der Waals surface area contributed by atoms with Crippen LogP contribution < -0.4 is 4.90 Å². The Labute approximate surface area is 183 Å². The number of nitrogens with zero attached hydrogens (tertiary/aromatic N) is 4. The van der Waals surface area contributed by atoms with E-state index in [9.17, 15) is 4.79 Å². The minimum absolute atomic E-state index is 0.0324. The molecule has 2 fully saturated rings. The van der Waals surface area contributed by atoms with Gasteiger partial charge in [0.05, 0.1) is 12.5 Å². The monoisotopic (exact) mass is 428 g/mol. The van der Waals surface area contributed by atoms with E-state index in [0.29, 0.717) is 13.2 Å². The smallest absolute Gasteiger partial charge is 0.228 e. The van der Waals surface area contributed by atoms with Crippen LogP contribution in [0.25, 0.3) is 0 Å². The normalized spacial score (nSPS) is 19.4. The lowest BCUT2D eigenvalue weighted by atomic mass is 10.0. The predicted octanol–water partition coefficient (Wildman–Crippen LogP) is 3.28. The standard InChI is InChI=1S/C23H29ClN4O2/c1-3-21-20(14-17-4-6-19(24)7-5-17)22(26-16(2)25-21)27-9-11-28(12-10-27)23(29)18-8-13-30-15-18/h4-7,18H,3,8-15H2,1-2H3. The van der Waals surface area contributed by atoms with Gasteiger partial charge in [-0.3, -0.25) is 4.79 Å². The number of amides is 1. The van der Waals surface area contributed by atoms with E-state index in [1.807, 2.05) is 24.0 Å². The fraction of sp³-hybridized carbons (Fsp3) is 0.522. The Bertz CT molecular complexity index is 889. The van der Waals surface area contributed by atoms with Crippen LogP contribution in [-0.2, 0) is 22.4 Å². The Morgan fingerprint density at radius 1 is 1.17 bits per heavy atom. The zero-order chi connectivity index (χ0) is 21.1. The molecule has 2 aliphatic heterocycles. The molecule has 7 heteroatoms. The Kier molecular flexibility index (Phi) is 6.54. The number of piperazine rings is 1. The highest BCUT2D eigenvalue weighted by Crippen LogP contribution is 2.27. The first-order valence-corrected chi connectivity index (χ1v) is 11.1. The number of carbonyl (C=O) groups excluding carboxylic acids is 1. The van der Waals surface area contributed by atoms with Gasteiger partial charge in [-0.05, 0) is 37.5 Å². The van der Waals surface area contributed by atoms with E-state index in [1.165, 1.54) is 11.1 Å². The van der Waals surface area contributed by atoms with Gasteiger partial charge in [0.2, 0.25) is 5.91 Å². The molecule has 1 atom stereocenters. The first kappa shape index (κ1) is 21.1. The third-order valence-electron chi connectivity index (χ3n) is 5.98. The van der Waals surface area contributed by atoms with Gasteiger partial charge in [-0.2, -0.15) is 0 Å². The van der Waals surface area contributed by atoms with Gasteiger partial charge < -0.3 is 14.5 Å². The molecular formula is C23H29ClN4O2. The molecule has 0 aliphatic carbocycles. The number of carbonyl (C=O) groups is 1. The molecule has 0 N–H and O–H groups in total. The molecule has 0 radical (unpaired) electrons. The average molecular weight is 429 g/mol. The van der Waals surface area contributed by atoms with Crippen LogP contribution in [0.1, 0.15) is 36.0 Å². The number of anilines is 1. The number of benzene rings is 1. The Morgan fingerprint density at radius 3 is 2.53 bits per heavy atom. The molecule has 1 amide bonds. The number of ether oxygens (including phenoxy) is 1. The molecule has 1 aromatic carbocycles. The van der Waals surface area contributed by atoms with E-state index >= 15 is 0 Å². The van der Waals surface area contributed by atoms with Gasteiger partial charge in [0.15, 0.2) is 0 Å². The summed E-state index contributed by atoms with van der Waals surface area (Å²) in [5.74, 6) is 2.07. The average Bonchev–Trinajstić information content (AvgIpc) is 3.30. The third kappa shape index (κ3) is 4.60. The summed E-state index contributed by atoms with van der Waals surface area (Å²) < 4.78 is 5.39. The van der Waals surface area contributed by atoms with Gasteiger partial charge in [-0.1, -0.05) is 30.7 Å². The molecule has 30 heavy (non-hydrogen) atoms. The van der Waals surface area contributed by atoms with Crippen molar-refractivity contribution in [1.29, 1.82) is 0 Å². The maximum atomic E-state index is 12.7. The van der Waals surface area contributed by atoms with Crippen molar-refractivity contribution in [2.24, 2.45) is 5.92 Å². The van der Waals surface area contributed by atoms with E-state index < -0.39 is 0 Å². The largest absolute Gasteiger partial charge is 0.381 e. The Hall–Kier alpha value is -2.18. The number of aryl methyl sites for hydroxylation is 2. The van der Waals surface area contributed by atoms with Crippen molar-refractivity contribution in [2.75, 3.05) is 44.3 Å². The van der Waals surface area contributed by atoms with Crippen molar-refractivity contribution in [3.63, 3.8) is 0 Å². The zero-order valence-corrected chi connectivity index (χ0v) is 18.5. The van der Waals surface area contributed by atoms with Crippen LogP contribution >= 0.6 is 11.6 Å². The second kappa shape index (κ2) is 9.31. The summed E-state index contributed by atoms with van der Waals surface area (Å²) in [6, 6.07) is 7.97. The molecule has 1 unspecified atom stereocenters. The van der Waals surface area contributed by atoms with Crippen LogP contribution in [0, 0.1) is 12.8 Å². The maximum Gasteiger partial charge on any atom is 0.228 e. The van der Waals surface area contributed by atoms with Gasteiger partial charge in [0, 0.05) is 55.5 Å². The number of halogens is 1. The third-order valence-corrected chi connectivity index (χ3v) is 6.23. The lowest BCUT2D eigenvalue weighted by Crippen LogP contribution is -2.51. The lowest BCUT2D eigenvalue weighted by Gasteiger charge is -2.37. The van der Waals surface area contributed by atoms with Gasteiger partial charge in [-0.15, -0.1) is 0 Å². The van der Waals surface area contributed by atoms with Gasteiger partial charge in [-0.25, -0.2) is 9.97 Å². The van der Waals surface area contributed by atoms with Crippen molar-refractivity contribution >= 4 is 23.3 Å². The second-order valence-electron chi connectivity index (χ2n) is 8.05. The van der Waals surface area contributed by atoms with Crippen LogP contribution in [0.3, 0.4) is 0 Å². The Balaban J connectivity index is 1.54. The Morgan fingerprint density at radius 2 is 1.90 bits per heavy atom. The molecular weight excluding hydrogens is 400 g/mol. The van der Waals surface area contributed by atoms with Crippen molar-refractivity contribution in [3.8, 4) is 0 Å². The minimum Gasteiger partial charge on any atom is -0.381 e. The van der Waals surface area contributed by atoms with E-state index in [0.717, 1.165) is 67.8 Å². The van der Waals surface area contributed by atoms with Crippen molar-refractivity contribution in [2.45, 2.75) is 33.1 Å². The summed E-state index contributed by atoms with van der Waals surface area (Å²) >= 11 is 6.06. The van der Waals surface area contributed by atoms with Crippen LogP contribution in [0.5, 0.6) is 0 Å². The molecule has 3 heterocycles. The number of hydrogen-bond donors (Lipinski definition) is 0. The lowest BCUT2D eigenvalue weighted by molar-refractivity contribution is -0.135. The highest BCUT2D eigenvalue weighted by Gasteiger charge is 2.31. The van der Waals surface area contributed by atoms with Gasteiger partial charge in [0.25, 0.3) is 0 Å². The van der Waals surface area contributed by atoms with E-state index in [1.54, 1.807) is 0 Å². The number of rotatable bonds is 5. The summed E-state index contributed by atoms with van der Waals surface area (Å²) in [7, 11) is 0. The molecule has 0 spiro atoms. The molecule has 4 rings (SSSR count). The summed E-state index contributed by atoms with van der Waals surface area (Å²) in [5.41, 5.74) is 3.46. The molecule has 2 aliphatic rings. The SMILES string of the molecule is CCc1nc(C)nc(N2CCN(C(=O)C3CCOC3)CC2)c1Cc1ccc(Cl)cc1. The van der Waals surface area contributed by atoms with Crippen LogP contribution in [0.15, 0.2) is 24.3 Å². The summed E-state index contributed by atoms with van der Waals surface area (Å²) in [6.07, 6.45) is 2.48. The predicted molar refractivity (Wildman–Crippen MR) is 118 cm³/mol. The first-order valence-electron chi connectivity index (χ1n) is 10.8. The number of aromatic nitrogens is 2. The molecule has 1 aromatic heterocycles.